The lowest BCUT2D eigenvalue weighted by atomic mass is 9.97. The van der Waals surface area contributed by atoms with E-state index in [1.165, 1.54) is 161 Å². The van der Waals surface area contributed by atoms with Crippen molar-refractivity contribution < 1.29 is 64.6 Å². The maximum absolute atomic E-state index is 13.2. The lowest BCUT2D eigenvalue weighted by Crippen LogP contribution is -2.65. The molecule has 1 amide bonds. The van der Waals surface area contributed by atoms with Crippen molar-refractivity contribution in [3.8, 4) is 0 Å². The normalized spacial score (nSPS) is 25.4. The first kappa shape index (κ1) is 69.1. The predicted molar refractivity (Wildman–Crippen MR) is 300 cm³/mol. The first-order valence-electron chi connectivity index (χ1n) is 30.4. The highest BCUT2D eigenvalue weighted by Crippen LogP contribution is 2.30. The number of hydrogen-bond donors (Lipinski definition) is 9. The van der Waals surface area contributed by atoms with E-state index in [-0.39, 0.29) is 18.9 Å². The number of aliphatic hydroxyl groups excluding tert-OH is 8. The number of ether oxygens (including phenoxy) is 4. The number of hydrogen-bond acceptors (Lipinski definition) is 13. The highest BCUT2D eigenvalue weighted by atomic mass is 16.7. The molecule has 2 aliphatic heterocycles. The number of rotatable bonds is 48. The van der Waals surface area contributed by atoms with Crippen LogP contribution in [0.4, 0.5) is 0 Å². The van der Waals surface area contributed by atoms with Crippen molar-refractivity contribution in [1.82, 2.24) is 5.32 Å². The van der Waals surface area contributed by atoms with Gasteiger partial charge in [-0.05, 0) is 64.2 Å². The Hall–Kier alpha value is -2.05. The van der Waals surface area contributed by atoms with Gasteiger partial charge in [0.2, 0.25) is 5.91 Å². The molecule has 14 heteroatoms. The molecule has 2 fully saturated rings. The summed E-state index contributed by atoms with van der Waals surface area (Å²) in [6.45, 7) is 2.65. The van der Waals surface area contributed by atoms with Crippen molar-refractivity contribution in [2.75, 3.05) is 19.8 Å². The van der Waals surface area contributed by atoms with E-state index in [0.29, 0.717) is 12.8 Å². The van der Waals surface area contributed by atoms with E-state index in [4.69, 9.17) is 18.9 Å². The fourth-order valence-corrected chi connectivity index (χ4v) is 9.86. The lowest BCUT2D eigenvalue weighted by Gasteiger charge is -2.46. The molecule has 0 spiro atoms. The molecule has 12 atom stereocenters. The van der Waals surface area contributed by atoms with E-state index in [0.717, 1.165) is 44.9 Å². The summed E-state index contributed by atoms with van der Waals surface area (Å²) in [5, 5.41) is 86.8. The van der Waals surface area contributed by atoms with Crippen LogP contribution in [0.5, 0.6) is 0 Å². The minimum Gasteiger partial charge on any atom is -0.394 e. The first-order chi connectivity index (χ1) is 36.6. The third-order valence-electron chi connectivity index (χ3n) is 14.7. The van der Waals surface area contributed by atoms with Crippen LogP contribution in [0.15, 0.2) is 48.6 Å². The predicted octanol–water partition coefficient (Wildman–Crippen LogP) is 10.4. The van der Waals surface area contributed by atoms with Crippen molar-refractivity contribution in [1.29, 1.82) is 0 Å². The number of unbranched alkanes of at least 4 members (excludes halogenated alkanes) is 29. The van der Waals surface area contributed by atoms with Gasteiger partial charge in [0.15, 0.2) is 12.6 Å². The van der Waals surface area contributed by atoms with Crippen molar-refractivity contribution >= 4 is 5.91 Å². The van der Waals surface area contributed by atoms with Crippen LogP contribution >= 0.6 is 0 Å². The molecule has 2 aliphatic rings. The quantitative estimate of drug-likeness (QED) is 0.0204. The molecule has 14 nitrogen and oxygen atoms in total. The third-order valence-corrected chi connectivity index (χ3v) is 14.7. The molecule has 438 valence electrons. The second-order valence-corrected chi connectivity index (χ2v) is 21.4. The van der Waals surface area contributed by atoms with E-state index >= 15 is 0 Å². The van der Waals surface area contributed by atoms with Gasteiger partial charge in [-0.15, -0.1) is 0 Å². The zero-order valence-electron chi connectivity index (χ0n) is 47.0. The third kappa shape index (κ3) is 32.6. The molecular weight excluding hydrogens is 955 g/mol. The Morgan fingerprint density at radius 2 is 0.893 bits per heavy atom. The van der Waals surface area contributed by atoms with Gasteiger partial charge in [-0.25, -0.2) is 0 Å². The number of aliphatic hydroxyl groups is 8. The molecule has 0 radical (unpaired) electrons. The van der Waals surface area contributed by atoms with Crippen molar-refractivity contribution in [3.05, 3.63) is 48.6 Å². The van der Waals surface area contributed by atoms with Crippen LogP contribution in [-0.4, -0.2) is 140 Å². The molecule has 0 aromatic carbocycles. The maximum Gasteiger partial charge on any atom is 0.220 e. The Kier molecular flexibility index (Phi) is 43.1. The molecule has 0 aromatic heterocycles. The zero-order chi connectivity index (χ0) is 54.6. The number of amides is 1. The van der Waals surface area contributed by atoms with Crippen molar-refractivity contribution in [3.63, 3.8) is 0 Å². The van der Waals surface area contributed by atoms with Crippen LogP contribution in [0.2, 0.25) is 0 Å². The lowest BCUT2D eigenvalue weighted by molar-refractivity contribution is -0.359. The largest absolute Gasteiger partial charge is 0.394 e. The molecule has 2 rings (SSSR count). The molecule has 0 aromatic rings. The van der Waals surface area contributed by atoms with Crippen LogP contribution in [-0.2, 0) is 23.7 Å². The van der Waals surface area contributed by atoms with Crippen LogP contribution in [0.25, 0.3) is 0 Å². The van der Waals surface area contributed by atoms with Gasteiger partial charge in [0.1, 0.15) is 48.8 Å². The average molecular weight is 1070 g/mol. The topological polar surface area (TPSA) is 228 Å². The SMILES string of the molecule is CC/C=C/CC/C=C/CC/C=C/C(O)C(COC1OC(CO)C(OC2OC(CO)C(O)C(O)C2O)C(O)C1O)NC(=O)CCCCCCCCCCCCCCCCCCCCC/C=C\CCCCCCCCCC. The summed E-state index contributed by atoms with van der Waals surface area (Å²) in [5.74, 6) is -0.254. The molecule has 0 aliphatic carbocycles. The summed E-state index contributed by atoms with van der Waals surface area (Å²) >= 11 is 0. The van der Waals surface area contributed by atoms with Crippen molar-refractivity contribution in [2.24, 2.45) is 0 Å². The Morgan fingerprint density at radius 1 is 0.480 bits per heavy atom. The van der Waals surface area contributed by atoms with Crippen LogP contribution in [0, 0.1) is 0 Å². The molecule has 2 saturated heterocycles. The van der Waals surface area contributed by atoms with Gasteiger partial charge in [0.05, 0.1) is 32.0 Å². The van der Waals surface area contributed by atoms with E-state index in [1.807, 2.05) is 6.08 Å². The number of carbonyl (C=O) groups excluding carboxylic acids is 1. The van der Waals surface area contributed by atoms with Gasteiger partial charge in [-0.3, -0.25) is 4.79 Å². The Labute approximate surface area is 454 Å². The summed E-state index contributed by atoms with van der Waals surface area (Å²) in [6, 6.07) is -0.935. The minimum atomic E-state index is -1.79. The fraction of sp³-hybridized carbons (Fsp3) is 0.852. The molecule has 2 heterocycles. The Balaban J connectivity index is 1.62. The fourth-order valence-electron chi connectivity index (χ4n) is 9.86. The number of carbonyl (C=O) groups is 1. The summed E-state index contributed by atoms with van der Waals surface area (Å²) in [4.78, 5) is 13.2. The summed E-state index contributed by atoms with van der Waals surface area (Å²) in [6.07, 6.45) is 42.0. The second-order valence-electron chi connectivity index (χ2n) is 21.4. The van der Waals surface area contributed by atoms with Gasteiger partial charge in [-0.2, -0.15) is 0 Å². The smallest absolute Gasteiger partial charge is 0.220 e. The highest BCUT2D eigenvalue weighted by Gasteiger charge is 2.51. The second kappa shape index (κ2) is 46.8. The zero-order valence-corrected chi connectivity index (χ0v) is 47.0. The Morgan fingerprint density at radius 3 is 1.37 bits per heavy atom. The van der Waals surface area contributed by atoms with E-state index in [1.54, 1.807) is 6.08 Å². The van der Waals surface area contributed by atoms with E-state index in [2.05, 4.69) is 55.6 Å². The minimum absolute atomic E-state index is 0.254. The van der Waals surface area contributed by atoms with Gasteiger partial charge in [-0.1, -0.05) is 217 Å². The molecule has 9 N–H and O–H groups in total. The van der Waals surface area contributed by atoms with Gasteiger partial charge < -0.3 is 65.1 Å². The van der Waals surface area contributed by atoms with Gasteiger partial charge in [0.25, 0.3) is 0 Å². The van der Waals surface area contributed by atoms with E-state index < -0.39 is 86.8 Å². The monoisotopic (exact) mass is 1070 g/mol. The molecule has 75 heavy (non-hydrogen) atoms. The average Bonchev–Trinajstić information content (AvgIpc) is 3.41. The standard InChI is InChI=1S/C61H111NO13/c1-3-5-7-9-11-13-15-16-17-18-19-20-21-22-23-24-25-26-27-28-29-30-31-32-33-34-35-37-39-41-43-45-53(66)62-49(50(65)44-42-40-38-36-14-12-10-8-6-4-2)48-72-60-58(71)56(69)59(52(47-64)74-60)75-61-57(70)55(68)54(67)51(46-63)73-61/h6,8,14,18-19,36,42,44,49-52,54-61,63-65,67-71H,3-5,7,9-13,15-17,20-35,37-41,43,45-48H2,1-2H3,(H,62,66)/b8-6+,19-18-,36-14+,44-42+. The molecule has 12 unspecified atom stereocenters. The van der Waals surface area contributed by atoms with Crippen LogP contribution < -0.4 is 5.32 Å². The molecular formula is C61H111NO13. The first-order valence-corrected chi connectivity index (χ1v) is 30.4. The number of nitrogens with one attached hydrogen (secondary N) is 1. The molecule has 0 bridgehead atoms. The number of allylic oxidation sites excluding steroid dienone is 7. The van der Waals surface area contributed by atoms with Crippen molar-refractivity contribution in [2.45, 2.75) is 312 Å². The van der Waals surface area contributed by atoms with Crippen LogP contribution in [0.3, 0.4) is 0 Å². The summed E-state index contributed by atoms with van der Waals surface area (Å²) < 4.78 is 22.7. The van der Waals surface area contributed by atoms with E-state index in [9.17, 15) is 45.6 Å². The van der Waals surface area contributed by atoms with Gasteiger partial charge >= 0.3 is 0 Å². The molecule has 0 saturated carbocycles. The van der Waals surface area contributed by atoms with Crippen LogP contribution in [0.1, 0.15) is 239 Å². The Bertz CT molecular complexity index is 1440. The summed E-state index contributed by atoms with van der Waals surface area (Å²) in [5.41, 5.74) is 0. The maximum atomic E-state index is 13.2. The van der Waals surface area contributed by atoms with Gasteiger partial charge in [0, 0.05) is 6.42 Å². The highest BCUT2D eigenvalue weighted by molar-refractivity contribution is 5.76. The summed E-state index contributed by atoms with van der Waals surface area (Å²) in [7, 11) is 0.